The normalized spacial score (nSPS) is 13.3. The Labute approximate surface area is 130 Å². The van der Waals surface area contributed by atoms with Crippen LogP contribution in [0, 0.1) is 6.92 Å². The van der Waals surface area contributed by atoms with Crippen molar-refractivity contribution < 1.29 is 8.42 Å². The quantitative estimate of drug-likeness (QED) is 0.887. The van der Waals surface area contributed by atoms with Crippen LogP contribution in [0.4, 0.5) is 0 Å². The highest BCUT2D eigenvalue weighted by molar-refractivity contribution is 7.90. The van der Waals surface area contributed by atoms with Crippen molar-refractivity contribution in [2.75, 3.05) is 12.8 Å². The molecule has 1 N–H and O–H groups in total. The third kappa shape index (κ3) is 4.36. The van der Waals surface area contributed by atoms with E-state index in [-0.39, 0.29) is 6.04 Å². The molecule has 0 aliphatic rings. The van der Waals surface area contributed by atoms with E-state index in [9.17, 15) is 8.42 Å². The van der Waals surface area contributed by atoms with Crippen LogP contribution in [0.15, 0.2) is 34.7 Å². The molecule has 1 aromatic carbocycles. The Bertz CT molecular complexity index is 691. The number of aryl methyl sites for hydroxylation is 1. The van der Waals surface area contributed by atoms with Gasteiger partial charge in [0.15, 0.2) is 9.84 Å². The first-order valence-electron chi connectivity index (χ1n) is 6.80. The zero-order valence-electron chi connectivity index (χ0n) is 12.5. The molecule has 1 unspecified atom stereocenters. The van der Waals surface area contributed by atoms with Gasteiger partial charge in [0.1, 0.15) is 0 Å². The van der Waals surface area contributed by atoms with Crippen LogP contribution in [0.25, 0.3) is 0 Å². The van der Waals surface area contributed by atoms with Gasteiger partial charge >= 0.3 is 0 Å². The molecule has 1 atom stereocenters. The summed E-state index contributed by atoms with van der Waals surface area (Å²) in [5.41, 5.74) is 4.06. The number of nitrogens with one attached hydrogen (secondary N) is 1. The summed E-state index contributed by atoms with van der Waals surface area (Å²) < 4.78 is 22.9. The Morgan fingerprint density at radius 2 is 1.95 bits per heavy atom. The number of nitrogens with zero attached hydrogens (tertiary/aromatic N) is 1. The second-order valence-corrected chi connectivity index (χ2v) is 8.08. The van der Waals surface area contributed by atoms with Crippen molar-refractivity contribution in [3.05, 3.63) is 45.9 Å². The lowest BCUT2D eigenvalue weighted by atomic mass is 10.1. The van der Waals surface area contributed by atoms with Gasteiger partial charge in [-0.05, 0) is 38.0 Å². The molecule has 114 valence electrons. The van der Waals surface area contributed by atoms with Crippen molar-refractivity contribution in [1.82, 2.24) is 10.3 Å². The van der Waals surface area contributed by atoms with Gasteiger partial charge in [-0.15, -0.1) is 11.3 Å². The number of aromatic nitrogens is 1. The van der Waals surface area contributed by atoms with Crippen LogP contribution in [0.1, 0.15) is 29.1 Å². The fourth-order valence-corrected chi connectivity index (χ4v) is 3.50. The van der Waals surface area contributed by atoms with Crippen molar-refractivity contribution in [2.45, 2.75) is 31.2 Å². The lowest BCUT2D eigenvalue weighted by Crippen LogP contribution is -2.21. The first kappa shape index (κ1) is 16.1. The van der Waals surface area contributed by atoms with Crippen molar-refractivity contribution in [1.29, 1.82) is 0 Å². The molecular formula is C15H20N2O2S2. The maximum absolute atomic E-state index is 11.4. The number of benzene rings is 1. The van der Waals surface area contributed by atoms with E-state index in [1.807, 2.05) is 24.6 Å². The summed E-state index contributed by atoms with van der Waals surface area (Å²) in [5, 5.41) is 3.45. The molecule has 0 aliphatic carbocycles. The molecule has 21 heavy (non-hydrogen) atoms. The lowest BCUT2D eigenvalue weighted by Gasteiger charge is -2.14. The van der Waals surface area contributed by atoms with Gasteiger partial charge in [-0.3, -0.25) is 0 Å². The van der Waals surface area contributed by atoms with Crippen molar-refractivity contribution in [3.63, 3.8) is 0 Å². The van der Waals surface area contributed by atoms with Crippen LogP contribution in [0.2, 0.25) is 0 Å². The largest absolute Gasteiger partial charge is 0.310 e. The predicted molar refractivity (Wildman–Crippen MR) is 86.5 cm³/mol. The predicted octanol–water partition coefficient (Wildman–Crippen LogP) is 2.75. The first-order valence-corrected chi connectivity index (χ1v) is 9.57. The van der Waals surface area contributed by atoms with E-state index in [0.29, 0.717) is 4.90 Å². The number of rotatable bonds is 6. The smallest absolute Gasteiger partial charge is 0.175 e. The van der Waals surface area contributed by atoms with Gasteiger partial charge in [0.05, 0.1) is 16.1 Å². The molecule has 0 spiro atoms. The van der Waals surface area contributed by atoms with Gasteiger partial charge in [-0.2, -0.15) is 0 Å². The van der Waals surface area contributed by atoms with E-state index in [4.69, 9.17) is 0 Å². The Morgan fingerprint density at radius 1 is 1.29 bits per heavy atom. The van der Waals surface area contributed by atoms with Crippen molar-refractivity contribution in [2.24, 2.45) is 0 Å². The van der Waals surface area contributed by atoms with Gasteiger partial charge in [0, 0.05) is 23.7 Å². The standard InChI is InChI=1S/C15H20N2O2S2/c1-11(16-9-8-15-12(2)17-10-20-15)13-4-6-14(7-5-13)21(3,18)19/h4-7,10-11,16H,8-9H2,1-3H3. The minimum atomic E-state index is -3.12. The Balaban J connectivity index is 1.91. The van der Waals surface area contributed by atoms with Gasteiger partial charge < -0.3 is 5.32 Å². The Morgan fingerprint density at radius 3 is 2.48 bits per heavy atom. The third-order valence-corrected chi connectivity index (χ3v) is 5.58. The topological polar surface area (TPSA) is 59.1 Å². The molecule has 0 radical (unpaired) electrons. The van der Waals surface area contributed by atoms with Gasteiger partial charge in [0.25, 0.3) is 0 Å². The highest BCUT2D eigenvalue weighted by atomic mass is 32.2. The van der Waals surface area contributed by atoms with Crippen LogP contribution < -0.4 is 5.32 Å². The van der Waals surface area contributed by atoms with Crippen LogP contribution in [0.5, 0.6) is 0 Å². The minimum absolute atomic E-state index is 0.187. The fourth-order valence-electron chi connectivity index (χ4n) is 2.09. The Kier molecular flexibility index (Phi) is 5.13. The summed E-state index contributed by atoms with van der Waals surface area (Å²) in [5.74, 6) is 0. The number of sulfone groups is 1. The second kappa shape index (κ2) is 6.68. The molecule has 4 nitrogen and oxygen atoms in total. The monoisotopic (exact) mass is 324 g/mol. The maximum atomic E-state index is 11.4. The molecule has 0 saturated carbocycles. The number of hydrogen-bond acceptors (Lipinski definition) is 5. The molecule has 2 rings (SSSR count). The molecule has 0 bridgehead atoms. The maximum Gasteiger partial charge on any atom is 0.175 e. The average molecular weight is 324 g/mol. The zero-order chi connectivity index (χ0) is 15.5. The molecular weight excluding hydrogens is 304 g/mol. The molecule has 0 amide bonds. The van der Waals surface area contributed by atoms with E-state index in [2.05, 4.69) is 17.2 Å². The Hall–Kier alpha value is -1.24. The van der Waals surface area contributed by atoms with Crippen LogP contribution >= 0.6 is 11.3 Å². The van der Waals surface area contributed by atoms with Crippen LogP contribution in [-0.4, -0.2) is 26.2 Å². The lowest BCUT2D eigenvalue weighted by molar-refractivity contribution is 0.577. The average Bonchev–Trinajstić information content (AvgIpc) is 2.83. The van der Waals surface area contributed by atoms with E-state index in [1.165, 1.54) is 11.1 Å². The van der Waals surface area contributed by atoms with Crippen molar-refractivity contribution >= 4 is 21.2 Å². The minimum Gasteiger partial charge on any atom is -0.310 e. The van der Waals surface area contributed by atoms with E-state index in [1.54, 1.807) is 23.5 Å². The van der Waals surface area contributed by atoms with Gasteiger partial charge in [-0.1, -0.05) is 12.1 Å². The molecule has 1 heterocycles. The van der Waals surface area contributed by atoms with Crippen LogP contribution in [-0.2, 0) is 16.3 Å². The van der Waals surface area contributed by atoms with E-state index < -0.39 is 9.84 Å². The summed E-state index contributed by atoms with van der Waals surface area (Å²) >= 11 is 1.68. The number of hydrogen-bond donors (Lipinski definition) is 1. The molecule has 0 saturated heterocycles. The fraction of sp³-hybridized carbons (Fsp3) is 0.400. The highest BCUT2D eigenvalue weighted by Crippen LogP contribution is 2.17. The summed E-state index contributed by atoms with van der Waals surface area (Å²) in [7, 11) is -3.12. The SMILES string of the molecule is Cc1ncsc1CCNC(C)c1ccc(S(C)(=O)=O)cc1. The summed E-state index contributed by atoms with van der Waals surface area (Å²) in [6.45, 7) is 4.98. The zero-order valence-corrected chi connectivity index (χ0v) is 14.1. The van der Waals surface area contributed by atoms with Crippen LogP contribution in [0.3, 0.4) is 0 Å². The van der Waals surface area contributed by atoms with Crippen molar-refractivity contribution in [3.8, 4) is 0 Å². The summed E-state index contributed by atoms with van der Waals surface area (Å²) in [6.07, 6.45) is 2.18. The van der Waals surface area contributed by atoms with Gasteiger partial charge in [-0.25, -0.2) is 13.4 Å². The molecule has 6 heteroatoms. The molecule has 0 fully saturated rings. The highest BCUT2D eigenvalue weighted by Gasteiger charge is 2.09. The molecule has 1 aromatic heterocycles. The van der Waals surface area contributed by atoms with E-state index in [0.717, 1.165) is 24.2 Å². The summed E-state index contributed by atoms with van der Waals surface area (Å²) in [6, 6.07) is 7.25. The first-order chi connectivity index (χ1) is 9.88. The second-order valence-electron chi connectivity index (χ2n) is 5.13. The van der Waals surface area contributed by atoms with Gasteiger partial charge in [0.2, 0.25) is 0 Å². The molecule has 0 aliphatic heterocycles. The third-order valence-electron chi connectivity index (χ3n) is 3.46. The summed E-state index contributed by atoms with van der Waals surface area (Å²) in [4.78, 5) is 5.91. The van der Waals surface area contributed by atoms with E-state index >= 15 is 0 Å². The number of thiazole rings is 1. The molecule has 2 aromatic rings.